The fourth-order valence-corrected chi connectivity index (χ4v) is 1.60. The first-order chi connectivity index (χ1) is 6.91. The van der Waals surface area contributed by atoms with E-state index in [9.17, 15) is 0 Å². The third-order valence-corrected chi connectivity index (χ3v) is 2.67. The molecule has 1 heteroatoms. The fourth-order valence-electron chi connectivity index (χ4n) is 1.21. The Labute approximate surface area is 97.6 Å². The van der Waals surface area contributed by atoms with Gasteiger partial charge in [0.2, 0.25) is 0 Å². The molecule has 0 aromatic heterocycles. The molecule has 0 saturated carbocycles. The van der Waals surface area contributed by atoms with Crippen LogP contribution in [0.5, 0.6) is 0 Å². The minimum atomic E-state index is 1.15. The van der Waals surface area contributed by atoms with Crippen molar-refractivity contribution in [3.8, 4) is 0 Å². The van der Waals surface area contributed by atoms with Gasteiger partial charge in [0.05, 0.1) is 0 Å². The van der Waals surface area contributed by atoms with Crippen LogP contribution < -0.4 is 0 Å². The molecule has 0 nitrogen and oxygen atoms in total. The van der Waals surface area contributed by atoms with Crippen LogP contribution in [0.25, 0.3) is 0 Å². The molecule has 0 aliphatic rings. The van der Waals surface area contributed by atoms with Gasteiger partial charge in [-0.2, -0.15) is 0 Å². The number of halogens is 1. The maximum atomic E-state index is 3.44. The Bertz CT molecular complexity index is 147. The highest BCUT2D eigenvalue weighted by atomic mass is 79.9. The highest BCUT2D eigenvalue weighted by Gasteiger charge is 1.83. The number of allylic oxidation sites excluding steroid dienone is 4. The lowest BCUT2D eigenvalue weighted by atomic mass is 10.2. The molecule has 0 radical (unpaired) electrons. The second kappa shape index (κ2) is 13.0. The van der Waals surface area contributed by atoms with E-state index in [0.717, 1.165) is 5.33 Å². The Hall–Kier alpha value is -0.0400. The molecule has 0 rings (SSSR count). The van der Waals surface area contributed by atoms with Crippen molar-refractivity contribution >= 4 is 15.9 Å². The monoisotopic (exact) mass is 258 g/mol. The average Bonchev–Trinajstić information content (AvgIpc) is 2.21. The number of hydrogen-bond donors (Lipinski definition) is 0. The van der Waals surface area contributed by atoms with E-state index in [-0.39, 0.29) is 0 Å². The zero-order valence-electron chi connectivity index (χ0n) is 9.34. The van der Waals surface area contributed by atoms with Gasteiger partial charge < -0.3 is 0 Å². The minimum Gasteiger partial charge on any atom is -0.0928 e. The summed E-state index contributed by atoms with van der Waals surface area (Å²) in [6.07, 6.45) is 17.9. The van der Waals surface area contributed by atoms with Gasteiger partial charge in [0.1, 0.15) is 0 Å². The molecule has 0 atom stereocenters. The predicted molar refractivity (Wildman–Crippen MR) is 70.1 cm³/mol. The third-order valence-electron chi connectivity index (χ3n) is 2.11. The van der Waals surface area contributed by atoms with E-state index in [0.29, 0.717) is 0 Å². The van der Waals surface area contributed by atoms with Gasteiger partial charge in [0.15, 0.2) is 0 Å². The van der Waals surface area contributed by atoms with Gasteiger partial charge >= 0.3 is 0 Å². The maximum Gasteiger partial charge on any atom is 0.00313 e. The lowest BCUT2D eigenvalue weighted by Gasteiger charge is -1.92. The molecular formula is C13H23Br. The van der Waals surface area contributed by atoms with Crippen LogP contribution in [0, 0.1) is 0 Å². The standard InChI is InChI=1S/C13H23Br/c1-2-3-4-5-6-7-8-9-10-11-12-13-14/h5-8H,2-4,9-13H2,1H3/b6-5-,8-7+. The van der Waals surface area contributed by atoms with E-state index >= 15 is 0 Å². The smallest absolute Gasteiger partial charge is 0.00313 e. The molecule has 0 amide bonds. The van der Waals surface area contributed by atoms with Crippen molar-refractivity contribution in [2.24, 2.45) is 0 Å². The van der Waals surface area contributed by atoms with E-state index in [1.54, 1.807) is 0 Å². The average molecular weight is 259 g/mol. The molecule has 0 heterocycles. The van der Waals surface area contributed by atoms with Crippen LogP contribution in [-0.2, 0) is 0 Å². The van der Waals surface area contributed by atoms with Crippen LogP contribution in [0.2, 0.25) is 0 Å². The van der Waals surface area contributed by atoms with Gasteiger partial charge in [-0.3, -0.25) is 0 Å². The SMILES string of the molecule is CCCC/C=C\C=C\CCCCCBr. The van der Waals surface area contributed by atoms with E-state index in [1.807, 2.05) is 0 Å². The maximum absolute atomic E-state index is 3.44. The summed E-state index contributed by atoms with van der Waals surface area (Å²) in [6.45, 7) is 2.23. The van der Waals surface area contributed by atoms with Gasteiger partial charge in [-0.15, -0.1) is 0 Å². The van der Waals surface area contributed by atoms with Gasteiger partial charge in [-0.1, -0.05) is 66.4 Å². The van der Waals surface area contributed by atoms with Crippen molar-refractivity contribution in [2.75, 3.05) is 5.33 Å². The zero-order chi connectivity index (χ0) is 10.5. The first-order valence-corrected chi connectivity index (χ1v) is 6.91. The van der Waals surface area contributed by atoms with E-state index in [2.05, 4.69) is 47.2 Å². The Kier molecular flexibility index (Phi) is 12.9. The van der Waals surface area contributed by atoms with Crippen molar-refractivity contribution in [1.29, 1.82) is 0 Å². The lowest BCUT2D eigenvalue weighted by molar-refractivity contribution is 0.737. The van der Waals surface area contributed by atoms with E-state index in [1.165, 1.54) is 44.9 Å². The van der Waals surface area contributed by atoms with Crippen molar-refractivity contribution in [2.45, 2.75) is 51.9 Å². The molecule has 0 spiro atoms. The molecule has 0 saturated heterocycles. The predicted octanol–water partition coefficient (Wildman–Crippen LogP) is 5.24. The summed E-state index contributed by atoms with van der Waals surface area (Å²) in [5.41, 5.74) is 0. The normalized spacial score (nSPS) is 11.9. The van der Waals surface area contributed by atoms with Crippen LogP contribution in [0.15, 0.2) is 24.3 Å². The van der Waals surface area contributed by atoms with Crippen molar-refractivity contribution in [3.63, 3.8) is 0 Å². The Morgan fingerprint density at radius 3 is 2.07 bits per heavy atom. The van der Waals surface area contributed by atoms with Crippen molar-refractivity contribution < 1.29 is 0 Å². The number of rotatable bonds is 9. The summed E-state index contributed by atoms with van der Waals surface area (Å²) >= 11 is 3.44. The molecule has 0 bridgehead atoms. The molecule has 0 unspecified atom stereocenters. The highest BCUT2D eigenvalue weighted by molar-refractivity contribution is 9.09. The first kappa shape index (κ1) is 14.0. The second-order valence-electron chi connectivity index (χ2n) is 3.54. The molecule has 0 aliphatic carbocycles. The van der Waals surface area contributed by atoms with Gasteiger partial charge in [0.25, 0.3) is 0 Å². The molecule has 0 aliphatic heterocycles. The Balaban J connectivity index is 3.14. The summed E-state index contributed by atoms with van der Waals surface area (Å²) < 4.78 is 0. The molecule has 14 heavy (non-hydrogen) atoms. The second-order valence-corrected chi connectivity index (χ2v) is 4.33. The largest absolute Gasteiger partial charge is 0.0928 e. The van der Waals surface area contributed by atoms with Crippen LogP contribution in [0.4, 0.5) is 0 Å². The number of hydrogen-bond acceptors (Lipinski definition) is 0. The first-order valence-electron chi connectivity index (χ1n) is 5.79. The third kappa shape index (κ3) is 12.0. The quantitative estimate of drug-likeness (QED) is 0.301. The topological polar surface area (TPSA) is 0 Å². The summed E-state index contributed by atoms with van der Waals surface area (Å²) in [7, 11) is 0. The summed E-state index contributed by atoms with van der Waals surface area (Å²) in [6, 6.07) is 0. The molecule has 0 fully saturated rings. The fraction of sp³-hybridized carbons (Fsp3) is 0.692. The van der Waals surface area contributed by atoms with Crippen LogP contribution in [0.1, 0.15) is 51.9 Å². The zero-order valence-corrected chi connectivity index (χ0v) is 10.9. The van der Waals surface area contributed by atoms with Crippen molar-refractivity contribution in [1.82, 2.24) is 0 Å². The van der Waals surface area contributed by atoms with Crippen LogP contribution >= 0.6 is 15.9 Å². The van der Waals surface area contributed by atoms with Gasteiger partial charge in [-0.05, 0) is 25.7 Å². The summed E-state index contributed by atoms with van der Waals surface area (Å²) in [5.74, 6) is 0. The molecule has 0 aromatic carbocycles. The van der Waals surface area contributed by atoms with Gasteiger partial charge in [-0.25, -0.2) is 0 Å². The molecule has 0 aromatic rings. The van der Waals surface area contributed by atoms with Gasteiger partial charge in [0, 0.05) is 5.33 Å². The molecule has 82 valence electrons. The summed E-state index contributed by atoms with van der Waals surface area (Å²) in [4.78, 5) is 0. The molecule has 0 N–H and O–H groups in total. The Morgan fingerprint density at radius 2 is 1.50 bits per heavy atom. The minimum absolute atomic E-state index is 1.15. The number of alkyl halides is 1. The van der Waals surface area contributed by atoms with E-state index in [4.69, 9.17) is 0 Å². The van der Waals surface area contributed by atoms with E-state index < -0.39 is 0 Å². The highest BCUT2D eigenvalue weighted by Crippen LogP contribution is 2.02. The summed E-state index contributed by atoms with van der Waals surface area (Å²) in [5, 5.41) is 1.15. The van der Waals surface area contributed by atoms with Crippen LogP contribution in [-0.4, -0.2) is 5.33 Å². The number of unbranched alkanes of at least 4 members (excludes halogenated alkanes) is 5. The molecular weight excluding hydrogens is 236 g/mol. The van der Waals surface area contributed by atoms with Crippen LogP contribution in [0.3, 0.4) is 0 Å². The Morgan fingerprint density at radius 1 is 0.857 bits per heavy atom. The van der Waals surface area contributed by atoms with Crippen molar-refractivity contribution in [3.05, 3.63) is 24.3 Å². The lowest BCUT2D eigenvalue weighted by Crippen LogP contribution is -1.75.